The monoisotopic (exact) mass is 267 g/mol. The van der Waals surface area contributed by atoms with Crippen LogP contribution in [0.4, 0.5) is 0 Å². The molecule has 1 heterocycles. The van der Waals surface area contributed by atoms with E-state index in [4.69, 9.17) is 0 Å². The van der Waals surface area contributed by atoms with E-state index >= 15 is 0 Å². The molecule has 3 heteroatoms. The fraction of sp³-hybridized carbons (Fsp3) is 1.00. The summed E-state index contributed by atoms with van der Waals surface area (Å²) < 4.78 is 0. The summed E-state index contributed by atoms with van der Waals surface area (Å²) in [6.45, 7) is 7.31. The minimum absolute atomic E-state index is 0.781. The molecule has 0 spiro atoms. The zero-order chi connectivity index (χ0) is 13.7. The van der Waals surface area contributed by atoms with Gasteiger partial charge in [-0.05, 0) is 71.8 Å². The van der Waals surface area contributed by atoms with Crippen molar-refractivity contribution in [3.63, 3.8) is 0 Å². The summed E-state index contributed by atoms with van der Waals surface area (Å²) >= 11 is 0. The van der Waals surface area contributed by atoms with E-state index in [0.717, 1.165) is 24.5 Å². The zero-order valence-corrected chi connectivity index (χ0v) is 13.2. The Morgan fingerprint density at radius 3 is 2.47 bits per heavy atom. The van der Waals surface area contributed by atoms with Gasteiger partial charge in [0.1, 0.15) is 0 Å². The van der Waals surface area contributed by atoms with Gasteiger partial charge in [-0.25, -0.2) is 0 Å². The lowest BCUT2D eigenvalue weighted by atomic mass is 9.87. The van der Waals surface area contributed by atoms with Gasteiger partial charge in [-0.2, -0.15) is 0 Å². The van der Waals surface area contributed by atoms with Crippen LogP contribution in [0.5, 0.6) is 0 Å². The molecule has 2 aliphatic rings. The van der Waals surface area contributed by atoms with E-state index in [2.05, 4.69) is 36.1 Å². The Morgan fingerprint density at radius 1 is 1.11 bits per heavy atom. The molecule has 0 aromatic carbocycles. The third-order valence-electron chi connectivity index (χ3n) is 4.93. The van der Waals surface area contributed by atoms with Crippen LogP contribution in [0.2, 0.25) is 0 Å². The lowest BCUT2D eigenvalue weighted by molar-refractivity contribution is 0.0892. The van der Waals surface area contributed by atoms with E-state index in [0.29, 0.717) is 0 Å². The fourth-order valence-corrected chi connectivity index (χ4v) is 3.99. The highest BCUT2D eigenvalue weighted by Gasteiger charge is 2.29. The summed E-state index contributed by atoms with van der Waals surface area (Å²) in [4.78, 5) is 5.14. The molecule has 1 aliphatic heterocycles. The average Bonchev–Trinajstić information content (AvgIpc) is 2.40. The highest BCUT2D eigenvalue weighted by molar-refractivity contribution is 4.86. The van der Waals surface area contributed by atoms with Gasteiger partial charge in [-0.1, -0.05) is 13.3 Å². The predicted molar refractivity (Wildman–Crippen MR) is 82.6 cm³/mol. The first-order valence-electron chi connectivity index (χ1n) is 8.31. The quantitative estimate of drug-likeness (QED) is 0.824. The van der Waals surface area contributed by atoms with Gasteiger partial charge in [0.25, 0.3) is 0 Å². The normalized spacial score (nSPS) is 30.9. The maximum absolute atomic E-state index is 3.66. The van der Waals surface area contributed by atoms with Crippen molar-refractivity contribution >= 4 is 0 Å². The maximum Gasteiger partial charge on any atom is 0.0110 e. The summed E-state index contributed by atoms with van der Waals surface area (Å²) in [5.74, 6) is 0.930. The number of nitrogens with zero attached hydrogens (tertiary/aromatic N) is 2. The third kappa shape index (κ3) is 4.73. The summed E-state index contributed by atoms with van der Waals surface area (Å²) in [7, 11) is 4.41. The summed E-state index contributed by atoms with van der Waals surface area (Å²) in [6, 6.07) is 1.64. The minimum atomic E-state index is 0.781. The van der Waals surface area contributed by atoms with Crippen molar-refractivity contribution in [2.24, 2.45) is 5.92 Å². The topological polar surface area (TPSA) is 18.5 Å². The van der Waals surface area contributed by atoms with Gasteiger partial charge in [-0.15, -0.1) is 0 Å². The van der Waals surface area contributed by atoms with Gasteiger partial charge in [0.05, 0.1) is 0 Å². The van der Waals surface area contributed by atoms with Crippen molar-refractivity contribution in [3.8, 4) is 0 Å². The number of rotatable bonds is 5. The second-order valence-electron chi connectivity index (χ2n) is 6.82. The first-order chi connectivity index (χ1) is 9.19. The van der Waals surface area contributed by atoms with Crippen molar-refractivity contribution in [3.05, 3.63) is 0 Å². The first kappa shape index (κ1) is 15.3. The number of likely N-dealkylation sites (tertiary alicyclic amines) is 1. The summed E-state index contributed by atoms with van der Waals surface area (Å²) in [6.07, 6.45) is 8.43. The number of hydrogen-bond acceptors (Lipinski definition) is 3. The van der Waals surface area contributed by atoms with E-state index < -0.39 is 0 Å². The van der Waals surface area contributed by atoms with Gasteiger partial charge < -0.3 is 15.1 Å². The predicted octanol–water partition coefficient (Wildman–Crippen LogP) is 2.18. The lowest BCUT2D eigenvalue weighted by Crippen LogP contribution is -2.48. The van der Waals surface area contributed by atoms with E-state index in [1.165, 1.54) is 58.2 Å². The molecule has 0 radical (unpaired) electrons. The fourth-order valence-electron chi connectivity index (χ4n) is 3.99. The van der Waals surface area contributed by atoms with Crippen LogP contribution in [-0.2, 0) is 0 Å². The van der Waals surface area contributed by atoms with E-state index in [1.54, 1.807) is 0 Å². The molecule has 0 aromatic rings. The van der Waals surface area contributed by atoms with Gasteiger partial charge in [0, 0.05) is 18.6 Å². The van der Waals surface area contributed by atoms with E-state index in [9.17, 15) is 0 Å². The van der Waals surface area contributed by atoms with Crippen molar-refractivity contribution in [2.45, 2.75) is 57.5 Å². The standard InChI is InChI=1S/C16H33N3/c1-4-17-15-6-5-7-16(12-15)19-10-8-14(9-11-19)13-18(2)3/h14-17H,4-13H2,1-3H3. The Kier molecular flexibility index (Phi) is 6.11. The molecule has 112 valence electrons. The molecular formula is C16H33N3. The van der Waals surface area contributed by atoms with E-state index in [-0.39, 0.29) is 0 Å². The number of hydrogen-bond donors (Lipinski definition) is 1. The van der Waals surface area contributed by atoms with Crippen LogP contribution in [0.3, 0.4) is 0 Å². The molecule has 19 heavy (non-hydrogen) atoms. The number of nitrogens with one attached hydrogen (secondary N) is 1. The highest BCUT2D eigenvalue weighted by atomic mass is 15.2. The van der Waals surface area contributed by atoms with Crippen molar-refractivity contribution in [2.75, 3.05) is 40.3 Å². The van der Waals surface area contributed by atoms with Crippen LogP contribution in [-0.4, -0.2) is 62.2 Å². The molecule has 0 amide bonds. The Bertz CT molecular complexity index is 244. The Balaban J connectivity index is 1.74. The molecule has 0 aromatic heterocycles. The molecule has 1 N–H and O–H groups in total. The van der Waals surface area contributed by atoms with E-state index in [1.807, 2.05) is 0 Å². The Morgan fingerprint density at radius 2 is 1.84 bits per heavy atom. The molecule has 2 rings (SSSR count). The largest absolute Gasteiger partial charge is 0.314 e. The smallest absolute Gasteiger partial charge is 0.0110 e. The average molecular weight is 267 g/mol. The molecule has 1 saturated carbocycles. The van der Waals surface area contributed by atoms with Crippen LogP contribution >= 0.6 is 0 Å². The summed E-state index contributed by atoms with van der Waals surface area (Å²) in [5.41, 5.74) is 0. The molecule has 0 bridgehead atoms. The highest BCUT2D eigenvalue weighted by Crippen LogP contribution is 2.27. The maximum atomic E-state index is 3.66. The Hall–Kier alpha value is -0.120. The molecule has 2 atom stereocenters. The first-order valence-corrected chi connectivity index (χ1v) is 8.31. The molecular weight excluding hydrogens is 234 g/mol. The second-order valence-corrected chi connectivity index (χ2v) is 6.82. The lowest BCUT2D eigenvalue weighted by Gasteiger charge is -2.41. The van der Waals surface area contributed by atoms with Gasteiger partial charge >= 0.3 is 0 Å². The van der Waals surface area contributed by atoms with Gasteiger partial charge in [0.15, 0.2) is 0 Å². The van der Waals surface area contributed by atoms with Crippen LogP contribution < -0.4 is 5.32 Å². The Labute approximate surface area is 119 Å². The van der Waals surface area contributed by atoms with Crippen LogP contribution in [0.1, 0.15) is 45.4 Å². The second kappa shape index (κ2) is 7.61. The SMILES string of the molecule is CCNC1CCCC(N2CCC(CN(C)C)CC2)C1. The minimum Gasteiger partial charge on any atom is -0.314 e. The summed E-state index contributed by atoms with van der Waals surface area (Å²) in [5, 5.41) is 3.66. The van der Waals surface area contributed by atoms with Crippen molar-refractivity contribution in [1.29, 1.82) is 0 Å². The molecule has 1 aliphatic carbocycles. The zero-order valence-electron chi connectivity index (χ0n) is 13.2. The van der Waals surface area contributed by atoms with Crippen LogP contribution in [0.15, 0.2) is 0 Å². The molecule has 1 saturated heterocycles. The molecule has 3 nitrogen and oxygen atoms in total. The van der Waals surface area contributed by atoms with Crippen LogP contribution in [0, 0.1) is 5.92 Å². The van der Waals surface area contributed by atoms with Gasteiger partial charge in [-0.3, -0.25) is 0 Å². The van der Waals surface area contributed by atoms with Crippen LogP contribution in [0.25, 0.3) is 0 Å². The van der Waals surface area contributed by atoms with Crippen molar-refractivity contribution < 1.29 is 0 Å². The molecule has 2 unspecified atom stereocenters. The van der Waals surface area contributed by atoms with Crippen molar-refractivity contribution in [1.82, 2.24) is 15.1 Å². The number of piperidine rings is 1. The van der Waals surface area contributed by atoms with Gasteiger partial charge in [0.2, 0.25) is 0 Å². The third-order valence-corrected chi connectivity index (χ3v) is 4.93. The molecule has 2 fully saturated rings.